The predicted molar refractivity (Wildman–Crippen MR) is 70.8 cm³/mol. The van der Waals surface area contributed by atoms with Gasteiger partial charge in [-0.05, 0) is 33.6 Å². The number of nitrogens with two attached hydrogens (primary N) is 1. The molecule has 0 bridgehead atoms. The highest BCUT2D eigenvalue weighted by Gasteiger charge is 2.33. The molecule has 0 saturated carbocycles. The molecule has 1 atom stereocenters. The lowest BCUT2D eigenvalue weighted by Crippen LogP contribution is -2.33. The molecule has 1 aliphatic heterocycles. The molecule has 6 heteroatoms. The molecule has 0 fully saturated rings. The van der Waals surface area contributed by atoms with E-state index >= 15 is 0 Å². The number of amides is 2. The number of urea groups is 1. The topological polar surface area (TPSA) is 58.7 Å². The van der Waals surface area contributed by atoms with Gasteiger partial charge >= 0.3 is 6.03 Å². The molecule has 1 unspecified atom stereocenters. The molecule has 0 aromatic heterocycles. The fraction of sp³-hybridized carbons (Fsp3) is 0.167. The van der Waals surface area contributed by atoms with Crippen molar-refractivity contribution >= 4 is 27.8 Å². The van der Waals surface area contributed by atoms with Crippen LogP contribution in [0.4, 0.5) is 9.18 Å². The number of carbonyl (C=O) groups excluding carboxylic acids is 1. The van der Waals surface area contributed by atoms with Crippen LogP contribution in [0, 0.1) is 5.82 Å². The van der Waals surface area contributed by atoms with Crippen LogP contribution in [0.1, 0.15) is 11.6 Å². The summed E-state index contributed by atoms with van der Waals surface area (Å²) < 4.78 is 13.9. The molecule has 1 heterocycles. The summed E-state index contributed by atoms with van der Waals surface area (Å²) in [6, 6.07) is 3.66. The Kier molecular flexibility index (Phi) is 3.47. The smallest absolute Gasteiger partial charge is 0.346 e. The van der Waals surface area contributed by atoms with E-state index in [2.05, 4.69) is 27.5 Å². The maximum Gasteiger partial charge on any atom is 0.346 e. The average Bonchev–Trinajstić information content (AvgIpc) is 2.59. The van der Waals surface area contributed by atoms with Crippen molar-refractivity contribution in [2.24, 2.45) is 10.7 Å². The SMILES string of the molecule is C=CCN1C(=O)N=C(N)C1c1ccc(Br)c(F)c1. The lowest BCUT2D eigenvalue weighted by molar-refractivity contribution is 0.212. The lowest BCUT2D eigenvalue weighted by atomic mass is 10.1. The van der Waals surface area contributed by atoms with E-state index in [-0.39, 0.29) is 5.84 Å². The van der Waals surface area contributed by atoms with Crippen LogP contribution in [0.25, 0.3) is 0 Å². The molecular formula is C12H11BrFN3O. The van der Waals surface area contributed by atoms with Crippen molar-refractivity contribution in [3.63, 3.8) is 0 Å². The monoisotopic (exact) mass is 311 g/mol. The first-order valence-corrected chi connectivity index (χ1v) is 6.04. The molecule has 2 N–H and O–H groups in total. The second-order valence-corrected chi connectivity index (χ2v) is 4.69. The molecule has 1 aromatic carbocycles. The Hall–Kier alpha value is -1.69. The van der Waals surface area contributed by atoms with E-state index in [0.717, 1.165) is 0 Å². The standard InChI is InChI=1S/C12H11BrFN3O/c1-2-5-17-10(11(15)16-12(17)18)7-3-4-8(13)9(14)6-7/h2-4,6,10H,1,5H2,(H2,15,16,18). The highest BCUT2D eigenvalue weighted by molar-refractivity contribution is 9.10. The van der Waals surface area contributed by atoms with Crippen LogP contribution in [-0.4, -0.2) is 23.3 Å². The van der Waals surface area contributed by atoms with Gasteiger partial charge in [0.1, 0.15) is 17.7 Å². The van der Waals surface area contributed by atoms with Crippen molar-refractivity contribution in [3.05, 3.63) is 46.7 Å². The van der Waals surface area contributed by atoms with E-state index in [1.807, 2.05) is 0 Å². The van der Waals surface area contributed by atoms with Gasteiger partial charge in [-0.3, -0.25) is 0 Å². The zero-order chi connectivity index (χ0) is 13.3. The number of aliphatic imine (C=N–C) groups is 1. The molecule has 94 valence electrons. The van der Waals surface area contributed by atoms with Gasteiger partial charge in [-0.25, -0.2) is 9.18 Å². The maximum absolute atomic E-state index is 13.5. The van der Waals surface area contributed by atoms with Crippen molar-refractivity contribution in [2.75, 3.05) is 6.54 Å². The first-order chi connectivity index (χ1) is 8.54. The largest absolute Gasteiger partial charge is 0.385 e. The zero-order valence-electron chi connectivity index (χ0n) is 9.44. The van der Waals surface area contributed by atoms with Gasteiger partial charge in [-0.1, -0.05) is 12.1 Å². The summed E-state index contributed by atoms with van der Waals surface area (Å²) >= 11 is 3.08. The summed E-state index contributed by atoms with van der Waals surface area (Å²) in [5.74, 6) is -0.234. The molecule has 4 nitrogen and oxygen atoms in total. The van der Waals surface area contributed by atoms with Crippen molar-refractivity contribution < 1.29 is 9.18 Å². The number of carbonyl (C=O) groups is 1. The number of halogens is 2. The molecule has 0 radical (unpaired) electrons. The average molecular weight is 312 g/mol. The number of rotatable bonds is 3. The molecular weight excluding hydrogens is 301 g/mol. The first kappa shape index (κ1) is 12.8. The summed E-state index contributed by atoms with van der Waals surface area (Å²) in [5, 5.41) is 0. The third-order valence-electron chi connectivity index (χ3n) is 2.65. The van der Waals surface area contributed by atoms with E-state index in [4.69, 9.17) is 5.73 Å². The molecule has 18 heavy (non-hydrogen) atoms. The van der Waals surface area contributed by atoms with Crippen molar-refractivity contribution in [1.82, 2.24) is 4.90 Å². The van der Waals surface area contributed by atoms with E-state index < -0.39 is 17.9 Å². The molecule has 1 aliphatic rings. The zero-order valence-corrected chi connectivity index (χ0v) is 11.0. The fourth-order valence-electron chi connectivity index (χ4n) is 1.86. The summed E-state index contributed by atoms with van der Waals surface area (Å²) in [5.41, 5.74) is 6.32. The van der Waals surface area contributed by atoms with Crippen LogP contribution < -0.4 is 5.73 Å². The molecule has 2 rings (SSSR count). The highest BCUT2D eigenvalue weighted by Crippen LogP contribution is 2.29. The molecule has 0 saturated heterocycles. The Morgan fingerprint density at radius 1 is 1.61 bits per heavy atom. The van der Waals surface area contributed by atoms with Gasteiger partial charge in [-0.15, -0.1) is 6.58 Å². The molecule has 0 aliphatic carbocycles. The number of nitrogens with zero attached hydrogens (tertiary/aromatic N) is 2. The molecule has 2 amide bonds. The Morgan fingerprint density at radius 2 is 2.33 bits per heavy atom. The Bertz CT molecular complexity index is 544. The van der Waals surface area contributed by atoms with E-state index in [1.54, 1.807) is 18.2 Å². The predicted octanol–water partition coefficient (Wildman–Crippen LogP) is 2.61. The lowest BCUT2D eigenvalue weighted by Gasteiger charge is -2.23. The van der Waals surface area contributed by atoms with Gasteiger partial charge in [0, 0.05) is 6.54 Å². The first-order valence-electron chi connectivity index (χ1n) is 5.25. The number of benzene rings is 1. The van der Waals surface area contributed by atoms with Gasteiger partial charge < -0.3 is 10.6 Å². The second kappa shape index (κ2) is 4.89. The Morgan fingerprint density at radius 3 is 2.94 bits per heavy atom. The maximum atomic E-state index is 13.5. The van der Waals surface area contributed by atoms with Gasteiger partial charge in [0.15, 0.2) is 0 Å². The number of hydrogen-bond acceptors (Lipinski definition) is 2. The van der Waals surface area contributed by atoms with Crippen LogP contribution in [0.5, 0.6) is 0 Å². The quantitative estimate of drug-likeness (QED) is 0.872. The Labute approximate surface area is 112 Å². The van der Waals surface area contributed by atoms with Crippen LogP contribution in [0.2, 0.25) is 0 Å². The Balaban J connectivity index is 2.40. The van der Waals surface area contributed by atoms with E-state index in [1.165, 1.54) is 11.0 Å². The summed E-state index contributed by atoms with van der Waals surface area (Å²) in [6.45, 7) is 3.89. The van der Waals surface area contributed by atoms with Gasteiger partial charge in [0.05, 0.1) is 4.47 Å². The highest BCUT2D eigenvalue weighted by atomic mass is 79.9. The van der Waals surface area contributed by atoms with E-state index in [9.17, 15) is 9.18 Å². The summed E-state index contributed by atoms with van der Waals surface area (Å²) in [4.78, 5) is 16.8. The second-order valence-electron chi connectivity index (χ2n) is 3.84. The third-order valence-corrected chi connectivity index (χ3v) is 3.29. The molecule has 1 aromatic rings. The minimum atomic E-state index is -0.530. The third kappa shape index (κ3) is 2.15. The van der Waals surface area contributed by atoms with Gasteiger partial charge in [0.2, 0.25) is 0 Å². The minimum absolute atomic E-state index is 0.170. The van der Waals surface area contributed by atoms with Gasteiger partial charge in [0.25, 0.3) is 0 Å². The van der Waals surface area contributed by atoms with Crippen LogP contribution in [-0.2, 0) is 0 Å². The van der Waals surface area contributed by atoms with Gasteiger partial charge in [-0.2, -0.15) is 4.99 Å². The number of amidine groups is 1. The van der Waals surface area contributed by atoms with Crippen molar-refractivity contribution in [2.45, 2.75) is 6.04 Å². The van der Waals surface area contributed by atoms with Crippen molar-refractivity contribution in [1.29, 1.82) is 0 Å². The normalized spacial score (nSPS) is 19.0. The van der Waals surface area contributed by atoms with E-state index in [0.29, 0.717) is 16.6 Å². The molecule has 0 spiro atoms. The van der Waals surface area contributed by atoms with Crippen molar-refractivity contribution in [3.8, 4) is 0 Å². The van der Waals surface area contributed by atoms with Crippen LogP contribution in [0.15, 0.2) is 40.3 Å². The number of hydrogen-bond donors (Lipinski definition) is 1. The summed E-state index contributed by atoms with van der Waals surface area (Å²) in [6.07, 6.45) is 1.58. The fourth-order valence-corrected chi connectivity index (χ4v) is 2.11. The van der Waals surface area contributed by atoms with Crippen LogP contribution in [0.3, 0.4) is 0 Å². The minimum Gasteiger partial charge on any atom is -0.385 e. The van der Waals surface area contributed by atoms with Crippen LogP contribution >= 0.6 is 15.9 Å². The summed E-state index contributed by atoms with van der Waals surface area (Å²) in [7, 11) is 0.